The van der Waals surface area contributed by atoms with Crippen LogP contribution in [0.1, 0.15) is 43.0 Å². The molecule has 23 heavy (non-hydrogen) atoms. The van der Waals surface area contributed by atoms with Gasteiger partial charge in [0.15, 0.2) is 0 Å². The van der Waals surface area contributed by atoms with Gasteiger partial charge in [0, 0.05) is 10.5 Å². The molecule has 122 valence electrons. The molecule has 0 unspecified atom stereocenters. The lowest BCUT2D eigenvalue weighted by molar-refractivity contribution is 0.0962. The van der Waals surface area contributed by atoms with Crippen LogP contribution in [-0.4, -0.2) is 11.7 Å². The Morgan fingerprint density at radius 2 is 1.70 bits per heavy atom. The fraction of sp³-hybridized carbons (Fsp3) is 0.316. The lowest BCUT2D eigenvalue weighted by Gasteiger charge is -2.08. The number of nitrogens with one attached hydrogen (secondary N) is 2. The Hall–Kier alpha value is -1.94. The highest BCUT2D eigenvalue weighted by Crippen LogP contribution is 2.20. The molecular weight excluding hydrogens is 304 g/mol. The van der Waals surface area contributed by atoms with Gasteiger partial charge in [-0.25, -0.2) is 0 Å². The van der Waals surface area contributed by atoms with Crippen LogP contribution < -0.4 is 10.9 Å². The molecule has 0 spiro atoms. The number of hydrogen-bond donors (Lipinski definition) is 2. The number of benzene rings is 2. The van der Waals surface area contributed by atoms with Crippen LogP contribution in [0.25, 0.3) is 0 Å². The fourth-order valence-corrected chi connectivity index (χ4v) is 3.06. The van der Waals surface area contributed by atoms with Gasteiger partial charge in [0.2, 0.25) is 0 Å². The van der Waals surface area contributed by atoms with Crippen molar-refractivity contribution >= 4 is 23.4 Å². The predicted molar refractivity (Wildman–Crippen MR) is 98.8 cm³/mol. The number of thioether (sulfide) groups is 1. The van der Waals surface area contributed by atoms with E-state index in [9.17, 15) is 4.79 Å². The minimum atomic E-state index is -0.131. The summed E-state index contributed by atoms with van der Waals surface area (Å²) in [6.07, 6.45) is 5.14. The van der Waals surface area contributed by atoms with Crippen LogP contribution in [-0.2, 0) is 0 Å². The van der Waals surface area contributed by atoms with Crippen LogP contribution in [0.2, 0.25) is 0 Å². The van der Waals surface area contributed by atoms with E-state index in [0.717, 1.165) is 11.4 Å². The van der Waals surface area contributed by atoms with Gasteiger partial charge in [0.25, 0.3) is 5.91 Å². The quantitative estimate of drug-likeness (QED) is 0.381. The summed E-state index contributed by atoms with van der Waals surface area (Å²) in [7, 11) is 0. The summed E-state index contributed by atoms with van der Waals surface area (Å²) in [4.78, 5) is 13.3. The minimum absolute atomic E-state index is 0.131. The first-order valence-electron chi connectivity index (χ1n) is 8.14. The molecule has 0 aliphatic heterocycles. The standard InChI is InChI=1S/C19H24N2OS/c1-2-3-4-8-15-23-18-13-11-16(12-14-18)19(22)21-20-17-9-6-5-7-10-17/h5-7,9-14,20H,2-4,8,15H2,1H3,(H,21,22). The van der Waals surface area contributed by atoms with Crippen molar-refractivity contribution in [1.29, 1.82) is 0 Å². The van der Waals surface area contributed by atoms with Crippen LogP contribution in [0, 0.1) is 0 Å². The molecule has 1 amide bonds. The Bertz CT molecular complexity index is 584. The van der Waals surface area contributed by atoms with E-state index in [-0.39, 0.29) is 5.91 Å². The predicted octanol–water partition coefficient (Wildman–Crippen LogP) is 5.12. The summed E-state index contributed by atoms with van der Waals surface area (Å²) in [5.41, 5.74) is 7.13. The second kappa shape index (κ2) is 9.95. The number of rotatable bonds is 9. The number of amides is 1. The number of hydrogen-bond acceptors (Lipinski definition) is 3. The third kappa shape index (κ3) is 6.37. The lowest BCUT2D eigenvalue weighted by Crippen LogP contribution is -2.29. The number of carbonyl (C=O) groups is 1. The maximum atomic E-state index is 12.1. The van der Waals surface area contributed by atoms with Crippen molar-refractivity contribution in [3.8, 4) is 0 Å². The van der Waals surface area contributed by atoms with Gasteiger partial charge >= 0.3 is 0 Å². The number of para-hydroxylation sites is 1. The highest BCUT2D eigenvalue weighted by Gasteiger charge is 2.05. The Morgan fingerprint density at radius 3 is 2.39 bits per heavy atom. The Kier molecular flexibility index (Phi) is 7.54. The fourth-order valence-electron chi connectivity index (χ4n) is 2.14. The molecule has 0 atom stereocenters. The summed E-state index contributed by atoms with van der Waals surface area (Å²) < 4.78 is 0. The monoisotopic (exact) mass is 328 g/mol. The van der Waals surface area contributed by atoms with E-state index < -0.39 is 0 Å². The summed E-state index contributed by atoms with van der Waals surface area (Å²) >= 11 is 1.85. The van der Waals surface area contributed by atoms with Gasteiger partial charge in [-0.1, -0.05) is 44.4 Å². The Balaban J connectivity index is 1.76. The molecule has 2 N–H and O–H groups in total. The molecule has 0 aromatic heterocycles. The zero-order valence-electron chi connectivity index (χ0n) is 13.5. The van der Waals surface area contributed by atoms with Crippen molar-refractivity contribution in [2.24, 2.45) is 0 Å². The molecule has 0 heterocycles. The molecule has 3 nitrogen and oxygen atoms in total. The number of carbonyl (C=O) groups excluding carboxylic acids is 1. The highest BCUT2D eigenvalue weighted by molar-refractivity contribution is 7.99. The van der Waals surface area contributed by atoms with E-state index in [1.54, 1.807) is 0 Å². The minimum Gasteiger partial charge on any atom is -0.298 e. The lowest BCUT2D eigenvalue weighted by atomic mass is 10.2. The summed E-state index contributed by atoms with van der Waals surface area (Å²) in [6, 6.07) is 17.3. The van der Waals surface area contributed by atoms with Gasteiger partial charge < -0.3 is 0 Å². The van der Waals surface area contributed by atoms with Crippen molar-refractivity contribution in [2.75, 3.05) is 11.2 Å². The van der Waals surface area contributed by atoms with Gasteiger partial charge in [-0.2, -0.15) is 0 Å². The van der Waals surface area contributed by atoms with Crippen LogP contribution in [0.4, 0.5) is 5.69 Å². The van der Waals surface area contributed by atoms with Gasteiger partial charge in [0.1, 0.15) is 0 Å². The SMILES string of the molecule is CCCCCCSc1ccc(C(=O)NNc2ccccc2)cc1. The summed E-state index contributed by atoms with van der Waals surface area (Å²) in [5, 5.41) is 0. The summed E-state index contributed by atoms with van der Waals surface area (Å²) in [5.74, 6) is 1.01. The third-order valence-corrected chi connectivity index (χ3v) is 4.58. The molecule has 0 fully saturated rings. The molecule has 0 saturated heterocycles. The first-order chi connectivity index (χ1) is 11.3. The number of unbranched alkanes of at least 4 members (excludes halogenated alkanes) is 3. The molecule has 0 saturated carbocycles. The number of anilines is 1. The average molecular weight is 328 g/mol. The van der Waals surface area contributed by atoms with E-state index in [0.29, 0.717) is 5.56 Å². The molecule has 2 rings (SSSR count). The smallest absolute Gasteiger partial charge is 0.269 e. The van der Waals surface area contributed by atoms with E-state index in [1.165, 1.54) is 30.6 Å². The van der Waals surface area contributed by atoms with Crippen LogP contribution in [0.5, 0.6) is 0 Å². The zero-order chi connectivity index (χ0) is 16.3. The molecule has 2 aromatic rings. The summed E-state index contributed by atoms with van der Waals surface area (Å²) in [6.45, 7) is 2.23. The van der Waals surface area contributed by atoms with E-state index in [1.807, 2.05) is 66.4 Å². The first-order valence-corrected chi connectivity index (χ1v) is 9.12. The maximum absolute atomic E-state index is 12.1. The first kappa shape index (κ1) is 17.4. The second-order valence-electron chi connectivity index (χ2n) is 5.38. The van der Waals surface area contributed by atoms with Gasteiger partial charge in [-0.15, -0.1) is 11.8 Å². The van der Waals surface area contributed by atoms with E-state index >= 15 is 0 Å². The van der Waals surface area contributed by atoms with Gasteiger partial charge in [-0.3, -0.25) is 15.6 Å². The average Bonchev–Trinajstić information content (AvgIpc) is 2.61. The molecule has 2 aromatic carbocycles. The topological polar surface area (TPSA) is 41.1 Å². The van der Waals surface area contributed by atoms with Crippen LogP contribution >= 0.6 is 11.8 Å². The highest BCUT2D eigenvalue weighted by atomic mass is 32.2. The van der Waals surface area contributed by atoms with Crippen molar-refractivity contribution in [3.63, 3.8) is 0 Å². The maximum Gasteiger partial charge on any atom is 0.269 e. The molecule has 0 radical (unpaired) electrons. The molecule has 0 aliphatic carbocycles. The second-order valence-corrected chi connectivity index (χ2v) is 6.55. The van der Waals surface area contributed by atoms with E-state index in [4.69, 9.17) is 0 Å². The zero-order valence-corrected chi connectivity index (χ0v) is 14.4. The molecule has 0 aliphatic rings. The van der Waals surface area contributed by atoms with Crippen LogP contribution in [0.15, 0.2) is 59.5 Å². The Morgan fingerprint density at radius 1 is 0.957 bits per heavy atom. The molecular formula is C19H24N2OS. The van der Waals surface area contributed by atoms with Gasteiger partial charge in [-0.05, 0) is 48.6 Å². The number of hydrazine groups is 1. The van der Waals surface area contributed by atoms with E-state index in [2.05, 4.69) is 17.8 Å². The van der Waals surface area contributed by atoms with Crippen molar-refractivity contribution in [1.82, 2.24) is 5.43 Å². The largest absolute Gasteiger partial charge is 0.298 e. The third-order valence-electron chi connectivity index (χ3n) is 3.48. The molecule has 4 heteroatoms. The van der Waals surface area contributed by atoms with Crippen LogP contribution in [0.3, 0.4) is 0 Å². The Labute approximate surface area is 142 Å². The van der Waals surface area contributed by atoms with Gasteiger partial charge in [0.05, 0.1) is 5.69 Å². The van der Waals surface area contributed by atoms with Crippen molar-refractivity contribution in [2.45, 2.75) is 37.5 Å². The van der Waals surface area contributed by atoms with Crippen molar-refractivity contribution < 1.29 is 4.79 Å². The molecule has 0 bridgehead atoms. The van der Waals surface area contributed by atoms with Crippen molar-refractivity contribution in [3.05, 3.63) is 60.2 Å². The normalized spacial score (nSPS) is 10.3.